The van der Waals surface area contributed by atoms with Crippen molar-refractivity contribution in [1.29, 1.82) is 0 Å². The monoisotopic (exact) mass is 649 g/mol. The molecule has 0 fully saturated rings. The van der Waals surface area contributed by atoms with Crippen molar-refractivity contribution in [1.82, 2.24) is 0 Å². The topological polar surface area (TPSA) is 3.24 Å². The fraction of sp³-hybridized carbons (Fsp3) is 0.0800. The molecule has 0 bridgehead atoms. The number of hydrogen-bond acceptors (Lipinski definition) is 1. The van der Waals surface area contributed by atoms with Gasteiger partial charge in [-0.25, -0.2) is 0 Å². The quantitative estimate of drug-likeness (QED) is 0.184. The number of anilines is 3. The van der Waals surface area contributed by atoms with Crippen LogP contribution in [0, 0.1) is 0 Å². The first-order chi connectivity index (χ1) is 25.1. The summed E-state index contributed by atoms with van der Waals surface area (Å²) >= 11 is 0. The van der Waals surface area contributed by atoms with Crippen molar-refractivity contribution in [3.63, 3.8) is 0 Å². The van der Waals surface area contributed by atoms with Gasteiger partial charge in [0.2, 0.25) is 0 Å². The van der Waals surface area contributed by atoms with Gasteiger partial charge in [-0.15, -0.1) is 0 Å². The number of fused-ring (bicyclic) bond motifs is 15. The van der Waals surface area contributed by atoms with E-state index in [1.54, 1.807) is 0 Å². The Morgan fingerprint density at radius 3 is 1.55 bits per heavy atom. The SMILES string of the molecule is CC1(C)c2ccccc2-c2ccc(N(c3ccccc3)c3ccc4c(c3)C3(c5ccccc5-4)c4ccccc4-c4ccc5ccccc5c43)cc21. The lowest BCUT2D eigenvalue weighted by molar-refractivity contribution is 0.660. The minimum absolute atomic E-state index is 0.0910. The molecule has 0 aliphatic heterocycles. The fourth-order valence-electron chi connectivity index (χ4n) is 9.90. The van der Waals surface area contributed by atoms with E-state index in [-0.39, 0.29) is 5.41 Å². The Morgan fingerprint density at radius 1 is 0.353 bits per heavy atom. The lowest BCUT2D eigenvalue weighted by Gasteiger charge is -2.33. The molecule has 0 saturated heterocycles. The summed E-state index contributed by atoms with van der Waals surface area (Å²) in [4.78, 5) is 2.46. The molecule has 0 heterocycles. The fourth-order valence-corrected chi connectivity index (χ4v) is 9.90. The van der Waals surface area contributed by atoms with E-state index < -0.39 is 5.41 Å². The number of hydrogen-bond donors (Lipinski definition) is 0. The van der Waals surface area contributed by atoms with E-state index in [1.807, 2.05) is 0 Å². The second-order valence-electron chi connectivity index (χ2n) is 14.9. The molecular formula is C50H35N. The molecule has 0 N–H and O–H groups in total. The van der Waals surface area contributed by atoms with Crippen LogP contribution in [0.15, 0.2) is 176 Å². The van der Waals surface area contributed by atoms with Crippen LogP contribution in [0.4, 0.5) is 17.1 Å². The van der Waals surface area contributed by atoms with Gasteiger partial charge in [0, 0.05) is 22.5 Å². The largest absolute Gasteiger partial charge is 0.310 e. The van der Waals surface area contributed by atoms with Crippen molar-refractivity contribution in [3.05, 3.63) is 209 Å². The molecule has 0 radical (unpaired) electrons. The predicted octanol–water partition coefficient (Wildman–Crippen LogP) is 13.0. The van der Waals surface area contributed by atoms with Crippen molar-refractivity contribution in [2.24, 2.45) is 0 Å². The van der Waals surface area contributed by atoms with Crippen LogP contribution >= 0.6 is 0 Å². The van der Waals surface area contributed by atoms with Gasteiger partial charge in [-0.1, -0.05) is 153 Å². The molecule has 3 aliphatic rings. The molecule has 11 rings (SSSR count). The van der Waals surface area contributed by atoms with E-state index in [0.29, 0.717) is 0 Å². The average Bonchev–Trinajstić information content (AvgIpc) is 3.74. The third-order valence-corrected chi connectivity index (χ3v) is 12.1. The predicted molar refractivity (Wildman–Crippen MR) is 212 cm³/mol. The van der Waals surface area contributed by atoms with Gasteiger partial charge in [0.05, 0.1) is 5.41 Å². The van der Waals surface area contributed by atoms with Gasteiger partial charge in [-0.3, -0.25) is 0 Å². The Morgan fingerprint density at radius 2 is 0.843 bits per heavy atom. The molecule has 0 saturated carbocycles. The summed E-state index contributed by atoms with van der Waals surface area (Å²) in [5, 5.41) is 2.60. The molecule has 1 heteroatoms. The highest BCUT2D eigenvalue weighted by Crippen LogP contribution is 2.64. The van der Waals surface area contributed by atoms with Crippen molar-refractivity contribution in [2.45, 2.75) is 24.7 Å². The molecule has 1 atom stereocenters. The average molecular weight is 650 g/mol. The normalized spacial score (nSPS) is 16.7. The van der Waals surface area contributed by atoms with Gasteiger partial charge in [-0.05, 0) is 114 Å². The molecule has 3 aliphatic carbocycles. The van der Waals surface area contributed by atoms with E-state index in [9.17, 15) is 0 Å². The Kier molecular flexibility index (Phi) is 5.72. The highest BCUT2D eigenvalue weighted by molar-refractivity contribution is 6.04. The van der Waals surface area contributed by atoms with Crippen LogP contribution in [0.1, 0.15) is 47.2 Å². The highest BCUT2D eigenvalue weighted by atomic mass is 15.1. The van der Waals surface area contributed by atoms with Crippen molar-refractivity contribution in [3.8, 4) is 33.4 Å². The molecule has 0 aromatic heterocycles. The third kappa shape index (κ3) is 3.65. The van der Waals surface area contributed by atoms with Crippen molar-refractivity contribution < 1.29 is 0 Å². The van der Waals surface area contributed by atoms with Crippen LogP contribution in [0.3, 0.4) is 0 Å². The maximum absolute atomic E-state index is 2.50. The molecule has 1 spiro atoms. The van der Waals surface area contributed by atoms with E-state index in [0.717, 1.165) is 11.4 Å². The lowest BCUT2D eigenvalue weighted by atomic mass is 9.69. The van der Waals surface area contributed by atoms with Gasteiger partial charge in [-0.2, -0.15) is 0 Å². The summed E-state index contributed by atoms with van der Waals surface area (Å²) in [5.41, 5.74) is 19.1. The van der Waals surface area contributed by atoms with E-state index >= 15 is 0 Å². The zero-order chi connectivity index (χ0) is 33.9. The van der Waals surface area contributed by atoms with Crippen LogP contribution in [0.5, 0.6) is 0 Å². The highest BCUT2D eigenvalue weighted by Gasteiger charge is 2.52. The van der Waals surface area contributed by atoms with Crippen LogP contribution < -0.4 is 4.90 Å². The molecule has 1 nitrogen and oxygen atoms in total. The first-order valence-electron chi connectivity index (χ1n) is 18.0. The van der Waals surface area contributed by atoms with Crippen LogP contribution in [-0.4, -0.2) is 0 Å². The summed E-state index contributed by atoms with van der Waals surface area (Å²) in [6, 6.07) is 65.9. The zero-order valence-corrected chi connectivity index (χ0v) is 28.7. The first-order valence-corrected chi connectivity index (χ1v) is 18.0. The molecule has 8 aromatic rings. The first kappa shape index (κ1) is 28.6. The van der Waals surface area contributed by atoms with E-state index in [4.69, 9.17) is 0 Å². The van der Waals surface area contributed by atoms with Gasteiger partial charge < -0.3 is 4.90 Å². The molecule has 1 unspecified atom stereocenters. The van der Waals surface area contributed by atoms with Crippen LogP contribution in [0.25, 0.3) is 44.2 Å². The number of rotatable bonds is 3. The van der Waals surface area contributed by atoms with Gasteiger partial charge in [0.15, 0.2) is 0 Å². The third-order valence-electron chi connectivity index (χ3n) is 12.1. The van der Waals surface area contributed by atoms with Gasteiger partial charge in [0.1, 0.15) is 0 Å². The minimum atomic E-state index is -0.446. The van der Waals surface area contributed by atoms with Crippen molar-refractivity contribution >= 4 is 27.8 Å². The number of nitrogens with zero attached hydrogens (tertiary/aromatic N) is 1. The summed E-state index contributed by atoms with van der Waals surface area (Å²) in [6.07, 6.45) is 0. The Hall–Kier alpha value is -6.18. The second kappa shape index (κ2) is 10.2. The Labute approximate surface area is 299 Å². The van der Waals surface area contributed by atoms with Gasteiger partial charge >= 0.3 is 0 Å². The van der Waals surface area contributed by atoms with Gasteiger partial charge in [0.25, 0.3) is 0 Å². The van der Waals surface area contributed by atoms with E-state index in [2.05, 4.69) is 195 Å². The second-order valence-corrected chi connectivity index (χ2v) is 14.9. The number of benzene rings is 8. The minimum Gasteiger partial charge on any atom is -0.310 e. The molecular weight excluding hydrogens is 615 g/mol. The zero-order valence-electron chi connectivity index (χ0n) is 28.7. The maximum Gasteiger partial charge on any atom is 0.0732 e. The summed E-state index contributed by atoms with van der Waals surface area (Å²) in [5.74, 6) is 0. The summed E-state index contributed by atoms with van der Waals surface area (Å²) in [6.45, 7) is 4.73. The Balaban J connectivity index is 1.20. The van der Waals surface area contributed by atoms with Crippen LogP contribution in [0.2, 0.25) is 0 Å². The summed E-state index contributed by atoms with van der Waals surface area (Å²) < 4.78 is 0. The number of para-hydroxylation sites is 1. The summed E-state index contributed by atoms with van der Waals surface area (Å²) in [7, 11) is 0. The standard InChI is InChI=1S/C50H35N/c1-49(2)43-21-11-8-18-37(43)40-28-25-34(30-46(40)49)51(33-15-4-3-5-16-33)35-26-29-41-38-19-9-12-22-44(38)50(47(41)31-35)45-23-13-10-20-39(45)42-27-24-32-14-6-7-17-36(32)48(42)50/h3-31H,1-2H3. The lowest BCUT2D eigenvalue weighted by Crippen LogP contribution is -2.26. The van der Waals surface area contributed by atoms with E-state index in [1.165, 1.54) is 83.2 Å². The maximum atomic E-state index is 2.50. The Bertz CT molecular complexity index is 2720. The molecule has 51 heavy (non-hydrogen) atoms. The van der Waals surface area contributed by atoms with Crippen molar-refractivity contribution in [2.75, 3.05) is 4.90 Å². The smallest absolute Gasteiger partial charge is 0.0732 e. The van der Waals surface area contributed by atoms with Crippen LogP contribution in [-0.2, 0) is 10.8 Å². The molecule has 8 aromatic carbocycles. The molecule has 0 amide bonds. The molecule has 240 valence electrons.